The molecule has 2 saturated heterocycles. The number of aromatic nitrogens is 2. The fourth-order valence-corrected chi connectivity index (χ4v) is 9.69. The monoisotopic (exact) mass is 930 g/mol. The van der Waals surface area contributed by atoms with Crippen LogP contribution in [0.5, 0.6) is 11.5 Å². The Balaban J connectivity index is 0.000000175. The van der Waals surface area contributed by atoms with E-state index < -0.39 is 5.60 Å². The molecule has 6 heterocycles. The minimum atomic E-state index is -0.430. The highest BCUT2D eigenvalue weighted by Gasteiger charge is 2.26. The van der Waals surface area contributed by atoms with Crippen LogP contribution >= 0.6 is 0 Å². The zero-order valence-electron chi connectivity index (χ0n) is 41.3. The van der Waals surface area contributed by atoms with Gasteiger partial charge in [-0.15, -0.1) is 0 Å². The Bertz CT molecular complexity index is 2970. The molecule has 0 atom stereocenters. The number of fused-ring (bicyclic) bond motifs is 4. The van der Waals surface area contributed by atoms with Gasteiger partial charge in [0, 0.05) is 83.0 Å². The minimum Gasteiger partial charge on any atom is -0.490 e. The first kappa shape index (κ1) is 47.8. The van der Waals surface area contributed by atoms with Crippen molar-refractivity contribution in [1.82, 2.24) is 19.8 Å². The smallest absolute Gasteiger partial charge is 0.306 e. The van der Waals surface area contributed by atoms with E-state index in [0.29, 0.717) is 18.4 Å². The van der Waals surface area contributed by atoms with Crippen molar-refractivity contribution in [2.75, 3.05) is 26.2 Å². The Morgan fingerprint density at radius 2 is 1.09 bits per heavy atom. The Hall–Kier alpha value is -6.27. The van der Waals surface area contributed by atoms with Crippen LogP contribution in [0, 0.1) is 5.92 Å². The van der Waals surface area contributed by atoms with E-state index in [9.17, 15) is 4.79 Å². The van der Waals surface area contributed by atoms with E-state index in [-0.39, 0.29) is 18.2 Å². The van der Waals surface area contributed by atoms with Crippen molar-refractivity contribution in [3.63, 3.8) is 0 Å². The average Bonchev–Trinajstić information content (AvgIpc) is 3.95. The first-order valence-corrected chi connectivity index (χ1v) is 24.8. The maximum atomic E-state index is 12.3. The molecule has 2 fully saturated rings. The van der Waals surface area contributed by atoms with Crippen molar-refractivity contribution in [2.24, 2.45) is 11.7 Å². The fraction of sp³-hybridized carbons (Fsp3) is 0.397. The Morgan fingerprint density at radius 3 is 1.52 bits per heavy atom. The molecular weight excluding hydrogens is 863 g/mol. The Labute approximate surface area is 405 Å². The Kier molecular flexibility index (Phi) is 14.4. The van der Waals surface area contributed by atoms with Crippen LogP contribution in [-0.4, -0.2) is 75.8 Å². The first-order valence-electron chi connectivity index (χ1n) is 24.8. The van der Waals surface area contributed by atoms with Crippen LogP contribution in [-0.2, 0) is 22.6 Å². The number of nitrogens with zero attached hydrogens (tertiary/aromatic N) is 4. The van der Waals surface area contributed by atoms with Gasteiger partial charge in [-0.05, 0) is 177 Å². The van der Waals surface area contributed by atoms with Crippen LogP contribution in [0.1, 0.15) is 91.7 Å². The number of piperidine rings is 2. The van der Waals surface area contributed by atoms with E-state index in [1.54, 1.807) is 0 Å². The number of carbonyl (C=O) groups excluding carboxylic acids is 1. The second-order valence-electron chi connectivity index (χ2n) is 20.5. The molecule has 69 heavy (non-hydrogen) atoms. The molecule has 11 heteroatoms. The topological polar surface area (TPSA) is 129 Å². The molecule has 2 aliphatic rings. The molecule has 360 valence electrons. The summed E-state index contributed by atoms with van der Waals surface area (Å²) in [5.74, 6) is 3.64. The summed E-state index contributed by atoms with van der Waals surface area (Å²) in [6.45, 7) is 19.7. The van der Waals surface area contributed by atoms with Gasteiger partial charge in [0.25, 0.3) is 0 Å². The zero-order chi connectivity index (χ0) is 48.2. The largest absolute Gasteiger partial charge is 0.490 e. The van der Waals surface area contributed by atoms with E-state index in [4.69, 9.17) is 28.8 Å². The zero-order valence-corrected chi connectivity index (χ0v) is 41.3. The maximum Gasteiger partial charge on any atom is 0.306 e. The maximum absolute atomic E-state index is 12.3. The SMILES string of the molecule is CC(C)Oc1cc(CN2CCC(CC(=O)OC(C)(C)C)CC2)cc2c(-c3cc4ccccc4o3)cncc12.CC(C)Oc1cc(CN2CCC(N)CC2)cc2c(-c3cc4ccccc4o3)cncc12. The predicted octanol–water partition coefficient (Wildman–Crippen LogP) is 12.7. The lowest BCUT2D eigenvalue weighted by Gasteiger charge is -2.32. The van der Waals surface area contributed by atoms with Gasteiger partial charge in [0.2, 0.25) is 0 Å². The molecule has 2 aliphatic heterocycles. The molecule has 0 saturated carbocycles. The molecule has 4 aromatic heterocycles. The van der Waals surface area contributed by atoms with E-state index in [1.807, 2.05) is 95.8 Å². The van der Waals surface area contributed by atoms with Crippen LogP contribution in [0.3, 0.4) is 0 Å². The van der Waals surface area contributed by atoms with E-state index in [1.165, 1.54) is 11.1 Å². The van der Waals surface area contributed by atoms with E-state index >= 15 is 0 Å². The summed E-state index contributed by atoms with van der Waals surface area (Å²) in [7, 11) is 0. The number of nitrogens with two attached hydrogens (primary N) is 1. The second kappa shape index (κ2) is 20.8. The number of carbonyl (C=O) groups is 1. The highest BCUT2D eigenvalue weighted by atomic mass is 16.6. The fourth-order valence-electron chi connectivity index (χ4n) is 9.69. The van der Waals surface area contributed by atoms with Gasteiger partial charge in [-0.1, -0.05) is 36.4 Å². The van der Waals surface area contributed by atoms with Gasteiger partial charge in [-0.2, -0.15) is 0 Å². The van der Waals surface area contributed by atoms with Gasteiger partial charge in [0.15, 0.2) is 0 Å². The number of rotatable bonds is 12. The number of hydrogen-bond donors (Lipinski definition) is 1. The van der Waals surface area contributed by atoms with Crippen molar-refractivity contribution < 1.29 is 27.8 Å². The molecule has 0 unspecified atom stereocenters. The molecule has 11 nitrogen and oxygen atoms in total. The summed E-state index contributed by atoms with van der Waals surface area (Å²) in [6, 6.07) is 29.5. The first-order chi connectivity index (χ1) is 33.2. The highest BCUT2D eigenvalue weighted by Crippen LogP contribution is 2.39. The molecule has 8 aromatic rings. The van der Waals surface area contributed by atoms with Crippen molar-refractivity contribution in [3.05, 3.63) is 121 Å². The number of ether oxygens (including phenoxy) is 3. The van der Waals surface area contributed by atoms with Crippen molar-refractivity contribution >= 4 is 49.5 Å². The van der Waals surface area contributed by atoms with E-state index in [0.717, 1.165) is 143 Å². The van der Waals surface area contributed by atoms with Crippen molar-refractivity contribution in [3.8, 4) is 34.1 Å². The standard InChI is InChI=1S/C32H38N2O4.C26H29N3O2/c1-21(2)36-29-15-23(20-34-12-10-22(11-13-34)16-31(35)38-32(3,4)5)14-25-26(29)18-33-19-27(25)30-17-24-8-6-7-9-28(24)37-30;1-17(2)30-25-12-18(16-29-9-7-20(27)8-10-29)11-21-22(25)14-28-15-23(21)26-13-19-5-3-4-6-24(19)31-26/h6-9,14-15,17-19,21-22H,10-13,16,20H2,1-5H3;3-6,11-15,17,20H,7-10,16,27H2,1-2H3. The van der Waals surface area contributed by atoms with Crippen molar-refractivity contribution in [1.29, 1.82) is 0 Å². The molecule has 0 bridgehead atoms. The highest BCUT2D eigenvalue weighted by molar-refractivity contribution is 6.01. The number of para-hydroxylation sites is 2. The van der Waals surface area contributed by atoms with Crippen LogP contribution < -0.4 is 15.2 Å². The molecule has 0 aliphatic carbocycles. The number of esters is 1. The van der Waals surface area contributed by atoms with Gasteiger partial charge in [0.1, 0.15) is 39.8 Å². The lowest BCUT2D eigenvalue weighted by Crippen LogP contribution is -2.39. The number of likely N-dealkylation sites (tertiary alicyclic amines) is 2. The number of benzene rings is 4. The van der Waals surface area contributed by atoms with Crippen LogP contribution in [0.2, 0.25) is 0 Å². The number of furan rings is 2. The summed E-state index contributed by atoms with van der Waals surface area (Å²) in [4.78, 5) is 26.3. The molecule has 4 aromatic carbocycles. The molecule has 0 spiro atoms. The molecular formula is C58H67N5O6. The van der Waals surface area contributed by atoms with Crippen LogP contribution in [0.15, 0.2) is 119 Å². The van der Waals surface area contributed by atoms with Gasteiger partial charge in [-0.3, -0.25) is 24.6 Å². The average molecular weight is 930 g/mol. The third-order valence-corrected chi connectivity index (χ3v) is 12.9. The third-order valence-electron chi connectivity index (χ3n) is 12.9. The van der Waals surface area contributed by atoms with Gasteiger partial charge in [-0.25, -0.2) is 0 Å². The molecule has 10 rings (SSSR count). The van der Waals surface area contributed by atoms with Gasteiger partial charge >= 0.3 is 5.97 Å². The Morgan fingerprint density at radius 1 is 0.638 bits per heavy atom. The summed E-state index contributed by atoms with van der Waals surface area (Å²) >= 11 is 0. The van der Waals surface area contributed by atoms with Gasteiger partial charge < -0.3 is 28.8 Å². The number of hydrogen-bond acceptors (Lipinski definition) is 11. The summed E-state index contributed by atoms with van der Waals surface area (Å²) in [5, 5.41) is 6.34. The minimum absolute atomic E-state index is 0.0481. The van der Waals surface area contributed by atoms with Gasteiger partial charge in [0.05, 0.1) is 12.2 Å². The normalized spacial score (nSPS) is 15.6. The number of pyridine rings is 2. The summed E-state index contributed by atoms with van der Waals surface area (Å²) in [5.41, 5.74) is 11.8. The quantitative estimate of drug-likeness (QED) is 0.118. The van der Waals surface area contributed by atoms with Crippen LogP contribution in [0.4, 0.5) is 0 Å². The van der Waals surface area contributed by atoms with E-state index in [2.05, 4.69) is 82.1 Å². The summed E-state index contributed by atoms with van der Waals surface area (Å²) in [6.07, 6.45) is 12.3. The lowest BCUT2D eigenvalue weighted by atomic mass is 9.93. The molecule has 0 radical (unpaired) electrons. The summed E-state index contributed by atoms with van der Waals surface area (Å²) < 4.78 is 30.4. The van der Waals surface area contributed by atoms with Crippen molar-refractivity contribution in [2.45, 2.75) is 118 Å². The third kappa shape index (κ3) is 11.8. The lowest BCUT2D eigenvalue weighted by molar-refractivity contribution is -0.156. The predicted molar refractivity (Wildman–Crippen MR) is 276 cm³/mol. The van der Waals surface area contributed by atoms with Crippen LogP contribution in [0.25, 0.3) is 66.1 Å². The molecule has 2 N–H and O–H groups in total. The molecule has 0 amide bonds. The second-order valence-corrected chi connectivity index (χ2v) is 20.5.